The van der Waals surface area contributed by atoms with Gasteiger partial charge >= 0.3 is 6.18 Å². The van der Waals surface area contributed by atoms with Crippen molar-refractivity contribution in [3.05, 3.63) is 63.9 Å². The molecule has 0 fully saturated rings. The van der Waals surface area contributed by atoms with Gasteiger partial charge < -0.3 is 5.32 Å². The molecular formula is C15H12BrF4N. The van der Waals surface area contributed by atoms with Gasteiger partial charge in [-0.25, -0.2) is 4.39 Å². The van der Waals surface area contributed by atoms with Crippen LogP contribution in [0.5, 0.6) is 0 Å². The topological polar surface area (TPSA) is 12.0 Å². The van der Waals surface area contributed by atoms with Gasteiger partial charge in [-0.2, -0.15) is 13.2 Å². The first kappa shape index (κ1) is 15.8. The Labute approximate surface area is 128 Å². The molecule has 1 unspecified atom stereocenters. The molecule has 2 aromatic rings. The van der Waals surface area contributed by atoms with Crippen LogP contribution in [0.25, 0.3) is 0 Å². The first-order chi connectivity index (χ1) is 9.79. The number of hydrogen-bond acceptors (Lipinski definition) is 1. The average molecular weight is 362 g/mol. The highest BCUT2D eigenvalue weighted by molar-refractivity contribution is 9.10. The number of rotatable bonds is 3. The molecule has 112 valence electrons. The molecule has 0 aliphatic carbocycles. The Hall–Kier alpha value is -1.56. The Kier molecular flexibility index (Phi) is 4.56. The molecule has 2 aromatic carbocycles. The standard InChI is InChI=1S/C15H12BrF4N/c1-9(21-14-8-10(16)6-7-13(14)17)11-4-2-3-5-12(11)15(18,19)20/h2-9,21H,1H3. The van der Waals surface area contributed by atoms with Crippen LogP contribution in [0, 0.1) is 5.82 Å². The van der Waals surface area contributed by atoms with E-state index in [2.05, 4.69) is 21.2 Å². The summed E-state index contributed by atoms with van der Waals surface area (Å²) in [6, 6.07) is 8.83. The lowest BCUT2D eigenvalue weighted by Crippen LogP contribution is -2.15. The lowest BCUT2D eigenvalue weighted by molar-refractivity contribution is -0.138. The van der Waals surface area contributed by atoms with E-state index in [0.717, 1.165) is 6.07 Å². The lowest BCUT2D eigenvalue weighted by Gasteiger charge is -2.20. The van der Waals surface area contributed by atoms with Crippen LogP contribution < -0.4 is 5.32 Å². The third-order valence-electron chi connectivity index (χ3n) is 3.03. The molecule has 0 aliphatic rings. The Morgan fingerprint density at radius 3 is 2.43 bits per heavy atom. The summed E-state index contributed by atoms with van der Waals surface area (Å²) in [5, 5.41) is 2.77. The predicted octanol–water partition coefficient (Wildman–Crippen LogP) is 5.78. The fourth-order valence-corrected chi connectivity index (χ4v) is 2.41. The second-order valence-corrected chi connectivity index (χ2v) is 5.49. The van der Waals surface area contributed by atoms with Crippen LogP contribution in [0.15, 0.2) is 46.9 Å². The fourth-order valence-electron chi connectivity index (χ4n) is 2.05. The molecule has 2 rings (SSSR count). The highest BCUT2D eigenvalue weighted by Crippen LogP contribution is 2.35. The van der Waals surface area contributed by atoms with Crippen molar-refractivity contribution >= 4 is 21.6 Å². The van der Waals surface area contributed by atoms with E-state index in [4.69, 9.17) is 0 Å². The van der Waals surface area contributed by atoms with Crippen molar-refractivity contribution in [1.82, 2.24) is 0 Å². The van der Waals surface area contributed by atoms with Crippen LogP contribution in [0.2, 0.25) is 0 Å². The molecule has 0 aliphatic heterocycles. The number of alkyl halides is 3. The van der Waals surface area contributed by atoms with Crippen LogP contribution in [-0.4, -0.2) is 0 Å². The summed E-state index contributed by atoms with van der Waals surface area (Å²) in [4.78, 5) is 0. The summed E-state index contributed by atoms with van der Waals surface area (Å²) in [7, 11) is 0. The first-order valence-corrected chi connectivity index (χ1v) is 6.96. The van der Waals surface area contributed by atoms with Gasteiger partial charge in [-0.05, 0) is 36.8 Å². The van der Waals surface area contributed by atoms with Crippen LogP contribution >= 0.6 is 15.9 Å². The third-order valence-corrected chi connectivity index (χ3v) is 3.53. The van der Waals surface area contributed by atoms with E-state index in [1.807, 2.05) is 0 Å². The van der Waals surface area contributed by atoms with Gasteiger partial charge in [0, 0.05) is 10.5 Å². The lowest BCUT2D eigenvalue weighted by atomic mass is 10.0. The van der Waals surface area contributed by atoms with E-state index in [9.17, 15) is 17.6 Å². The molecule has 1 nitrogen and oxygen atoms in total. The maximum absolute atomic E-state index is 13.7. The Bertz CT molecular complexity index is 640. The molecule has 0 heterocycles. The van der Waals surface area contributed by atoms with Crippen molar-refractivity contribution < 1.29 is 17.6 Å². The largest absolute Gasteiger partial charge is 0.416 e. The zero-order chi connectivity index (χ0) is 15.6. The number of benzene rings is 2. The number of anilines is 1. The number of halogens is 5. The average Bonchev–Trinajstić information content (AvgIpc) is 2.42. The zero-order valence-corrected chi connectivity index (χ0v) is 12.6. The van der Waals surface area contributed by atoms with Gasteiger partial charge in [0.15, 0.2) is 0 Å². The molecule has 21 heavy (non-hydrogen) atoms. The van der Waals surface area contributed by atoms with E-state index in [0.29, 0.717) is 4.47 Å². The molecule has 0 saturated carbocycles. The summed E-state index contributed by atoms with van der Waals surface area (Å²) in [6.45, 7) is 1.56. The summed E-state index contributed by atoms with van der Waals surface area (Å²) in [6.07, 6.45) is -4.44. The quantitative estimate of drug-likeness (QED) is 0.683. The van der Waals surface area contributed by atoms with Gasteiger partial charge in [0.25, 0.3) is 0 Å². The third kappa shape index (κ3) is 3.75. The Morgan fingerprint density at radius 1 is 1.10 bits per heavy atom. The SMILES string of the molecule is CC(Nc1cc(Br)ccc1F)c1ccccc1C(F)(F)F. The molecule has 0 amide bonds. The van der Waals surface area contributed by atoms with E-state index in [1.165, 1.54) is 36.4 Å². The molecule has 6 heteroatoms. The minimum Gasteiger partial charge on any atom is -0.376 e. The van der Waals surface area contributed by atoms with Gasteiger partial charge in [-0.3, -0.25) is 0 Å². The molecule has 0 bridgehead atoms. The van der Waals surface area contributed by atoms with Crippen LogP contribution in [0.3, 0.4) is 0 Å². The maximum Gasteiger partial charge on any atom is 0.416 e. The van der Waals surface area contributed by atoms with E-state index in [1.54, 1.807) is 6.92 Å². The van der Waals surface area contributed by atoms with Gasteiger partial charge in [0.05, 0.1) is 11.3 Å². The number of nitrogens with one attached hydrogen (secondary N) is 1. The first-order valence-electron chi connectivity index (χ1n) is 6.16. The van der Waals surface area contributed by atoms with Gasteiger partial charge in [-0.1, -0.05) is 34.1 Å². The minimum atomic E-state index is -4.44. The van der Waals surface area contributed by atoms with Crippen LogP contribution in [0.1, 0.15) is 24.1 Å². The molecule has 0 radical (unpaired) electrons. The molecule has 1 atom stereocenters. The molecule has 1 N–H and O–H groups in total. The van der Waals surface area contributed by atoms with Gasteiger partial charge in [-0.15, -0.1) is 0 Å². The van der Waals surface area contributed by atoms with Gasteiger partial charge in [0.2, 0.25) is 0 Å². The fraction of sp³-hybridized carbons (Fsp3) is 0.200. The Balaban J connectivity index is 2.33. The minimum absolute atomic E-state index is 0.0735. The summed E-state index contributed by atoms with van der Waals surface area (Å²) < 4.78 is 53.3. The van der Waals surface area contributed by atoms with E-state index in [-0.39, 0.29) is 11.3 Å². The van der Waals surface area contributed by atoms with Crippen LogP contribution in [0.4, 0.5) is 23.2 Å². The monoisotopic (exact) mass is 361 g/mol. The summed E-state index contributed by atoms with van der Waals surface area (Å²) in [5.41, 5.74) is -0.501. The highest BCUT2D eigenvalue weighted by Gasteiger charge is 2.34. The normalized spacial score (nSPS) is 13.0. The van der Waals surface area contributed by atoms with Crippen molar-refractivity contribution in [2.24, 2.45) is 0 Å². The van der Waals surface area contributed by atoms with Crippen molar-refractivity contribution in [3.63, 3.8) is 0 Å². The smallest absolute Gasteiger partial charge is 0.376 e. The highest BCUT2D eigenvalue weighted by atomic mass is 79.9. The molecule has 0 saturated heterocycles. The van der Waals surface area contributed by atoms with Crippen molar-refractivity contribution in [2.75, 3.05) is 5.32 Å². The van der Waals surface area contributed by atoms with E-state index >= 15 is 0 Å². The summed E-state index contributed by atoms with van der Waals surface area (Å²) >= 11 is 3.20. The molecular weight excluding hydrogens is 350 g/mol. The van der Waals surface area contributed by atoms with E-state index < -0.39 is 23.6 Å². The predicted molar refractivity (Wildman–Crippen MR) is 77.6 cm³/mol. The number of hydrogen-bond donors (Lipinski definition) is 1. The van der Waals surface area contributed by atoms with Gasteiger partial charge in [0.1, 0.15) is 5.82 Å². The summed E-state index contributed by atoms with van der Waals surface area (Å²) in [5.74, 6) is -0.519. The second-order valence-electron chi connectivity index (χ2n) is 4.58. The molecule has 0 spiro atoms. The zero-order valence-electron chi connectivity index (χ0n) is 11.0. The molecule has 0 aromatic heterocycles. The Morgan fingerprint density at radius 2 is 1.76 bits per heavy atom. The van der Waals surface area contributed by atoms with Crippen molar-refractivity contribution in [1.29, 1.82) is 0 Å². The van der Waals surface area contributed by atoms with Crippen LogP contribution in [-0.2, 0) is 6.18 Å². The maximum atomic E-state index is 13.7. The second kappa shape index (κ2) is 6.05. The van der Waals surface area contributed by atoms with Crippen molar-refractivity contribution in [2.45, 2.75) is 19.1 Å². The van der Waals surface area contributed by atoms with Crippen molar-refractivity contribution in [3.8, 4) is 0 Å².